The maximum atomic E-state index is 11.7. The van der Waals surface area contributed by atoms with Crippen LogP contribution in [0, 0.1) is 5.92 Å². The van der Waals surface area contributed by atoms with Gasteiger partial charge < -0.3 is 15.2 Å². The average Bonchev–Trinajstić information content (AvgIpc) is 2.71. The molecule has 0 saturated carbocycles. The van der Waals surface area contributed by atoms with Crippen molar-refractivity contribution in [3.05, 3.63) is 28.7 Å². The summed E-state index contributed by atoms with van der Waals surface area (Å²) in [4.78, 5) is 25.1. The van der Waals surface area contributed by atoms with Crippen LogP contribution in [-0.2, 0) is 11.3 Å². The highest BCUT2D eigenvalue weighted by molar-refractivity contribution is 5.78. The van der Waals surface area contributed by atoms with E-state index in [4.69, 9.17) is 5.73 Å². The molecule has 1 atom stereocenters. The van der Waals surface area contributed by atoms with Crippen molar-refractivity contribution in [1.82, 2.24) is 9.47 Å². The fraction of sp³-hybridized carbons (Fsp3) is 0.538. The molecule has 1 amide bonds. The Morgan fingerprint density at radius 2 is 2.11 bits per heavy atom. The van der Waals surface area contributed by atoms with Crippen LogP contribution in [0.3, 0.4) is 0 Å². The Bertz CT molecular complexity index is 495. The van der Waals surface area contributed by atoms with Crippen molar-refractivity contribution in [3.63, 3.8) is 0 Å². The minimum absolute atomic E-state index is 0.0807. The second kappa shape index (κ2) is 5.25. The van der Waals surface area contributed by atoms with E-state index in [-0.39, 0.29) is 11.5 Å². The summed E-state index contributed by atoms with van der Waals surface area (Å²) in [7, 11) is 0. The van der Waals surface area contributed by atoms with Crippen LogP contribution in [0.25, 0.3) is 0 Å². The van der Waals surface area contributed by atoms with Crippen LogP contribution in [-0.4, -0.2) is 28.5 Å². The number of carbonyl (C=O) groups is 1. The maximum Gasteiger partial charge on any atom is 0.250 e. The first-order chi connectivity index (χ1) is 8.60. The van der Waals surface area contributed by atoms with E-state index in [9.17, 15) is 9.59 Å². The summed E-state index contributed by atoms with van der Waals surface area (Å²) in [6.07, 6.45) is 3.29. The first-order valence-electron chi connectivity index (χ1n) is 6.34. The lowest BCUT2D eigenvalue weighted by Gasteiger charge is -2.17. The summed E-state index contributed by atoms with van der Waals surface area (Å²) >= 11 is 0. The lowest BCUT2D eigenvalue weighted by Crippen LogP contribution is -2.32. The summed E-state index contributed by atoms with van der Waals surface area (Å²) in [6, 6.07) is 3.04. The number of amides is 1. The number of rotatable bonds is 4. The Morgan fingerprint density at radius 1 is 1.33 bits per heavy atom. The molecule has 0 aromatic carbocycles. The number of hydrogen-bond donors (Lipinski definition) is 1. The van der Waals surface area contributed by atoms with Crippen LogP contribution in [0.15, 0.2) is 23.1 Å². The molecule has 0 bridgehead atoms. The largest absolute Gasteiger partial charge is 0.398 e. The SMILES string of the molecule is CCC1CC(=O)N(CCn2cc(N)ccc2=O)C1. The number of pyridine rings is 1. The van der Waals surface area contributed by atoms with Gasteiger partial charge in [-0.1, -0.05) is 13.3 Å². The van der Waals surface area contributed by atoms with Crippen LogP contribution in [0.1, 0.15) is 19.8 Å². The quantitative estimate of drug-likeness (QED) is 0.853. The molecule has 1 aliphatic rings. The third kappa shape index (κ3) is 2.72. The van der Waals surface area contributed by atoms with E-state index >= 15 is 0 Å². The molecule has 1 aromatic rings. The molecule has 1 aromatic heterocycles. The maximum absolute atomic E-state index is 11.7. The van der Waals surface area contributed by atoms with E-state index in [2.05, 4.69) is 6.92 Å². The highest BCUT2D eigenvalue weighted by Crippen LogP contribution is 2.20. The van der Waals surface area contributed by atoms with Gasteiger partial charge in [0.05, 0.1) is 0 Å². The predicted molar refractivity (Wildman–Crippen MR) is 70.1 cm³/mol. The summed E-state index contributed by atoms with van der Waals surface area (Å²) in [6.45, 7) is 4.00. The number of nitrogens with zero attached hydrogens (tertiary/aromatic N) is 2. The van der Waals surface area contributed by atoms with Crippen molar-refractivity contribution >= 4 is 11.6 Å². The third-order valence-corrected chi connectivity index (χ3v) is 3.49. The molecule has 0 spiro atoms. The summed E-state index contributed by atoms with van der Waals surface area (Å²) in [5.41, 5.74) is 6.12. The highest BCUT2D eigenvalue weighted by atomic mass is 16.2. The average molecular weight is 249 g/mol. The predicted octanol–water partition coefficient (Wildman–Crippen LogP) is 0.689. The number of aromatic nitrogens is 1. The van der Waals surface area contributed by atoms with Gasteiger partial charge in [0.1, 0.15) is 0 Å². The molecule has 5 heteroatoms. The van der Waals surface area contributed by atoms with Gasteiger partial charge in [0.15, 0.2) is 0 Å². The molecule has 2 heterocycles. The number of carbonyl (C=O) groups excluding carboxylic acids is 1. The molecule has 1 unspecified atom stereocenters. The standard InChI is InChI=1S/C13H19N3O2/c1-2-10-7-13(18)15(8-10)5-6-16-9-11(14)3-4-12(16)17/h3-4,9-10H,2,5-8,14H2,1H3. The van der Waals surface area contributed by atoms with Gasteiger partial charge in [-0.15, -0.1) is 0 Å². The van der Waals surface area contributed by atoms with Crippen LogP contribution in [0.2, 0.25) is 0 Å². The van der Waals surface area contributed by atoms with Gasteiger partial charge in [-0.3, -0.25) is 9.59 Å². The van der Waals surface area contributed by atoms with Gasteiger partial charge in [-0.05, 0) is 12.0 Å². The molecular formula is C13H19N3O2. The lowest BCUT2D eigenvalue weighted by molar-refractivity contribution is -0.127. The van der Waals surface area contributed by atoms with E-state index in [1.165, 1.54) is 6.07 Å². The number of nitrogens with two attached hydrogens (primary N) is 1. The van der Waals surface area contributed by atoms with Crippen molar-refractivity contribution in [1.29, 1.82) is 0 Å². The molecular weight excluding hydrogens is 230 g/mol. The monoisotopic (exact) mass is 249 g/mol. The fourth-order valence-corrected chi connectivity index (χ4v) is 2.30. The zero-order valence-corrected chi connectivity index (χ0v) is 10.6. The van der Waals surface area contributed by atoms with Gasteiger partial charge in [0.2, 0.25) is 5.91 Å². The van der Waals surface area contributed by atoms with Crippen molar-refractivity contribution in [2.75, 3.05) is 18.8 Å². The Kier molecular flexibility index (Phi) is 3.69. The van der Waals surface area contributed by atoms with Crippen LogP contribution >= 0.6 is 0 Å². The Hall–Kier alpha value is -1.78. The molecule has 1 fully saturated rings. The summed E-state index contributed by atoms with van der Waals surface area (Å²) < 4.78 is 1.56. The van der Waals surface area contributed by atoms with E-state index in [0.717, 1.165) is 13.0 Å². The lowest BCUT2D eigenvalue weighted by atomic mass is 10.1. The number of nitrogen functional groups attached to an aromatic ring is 1. The van der Waals surface area contributed by atoms with Gasteiger partial charge in [-0.2, -0.15) is 0 Å². The third-order valence-electron chi connectivity index (χ3n) is 3.49. The van der Waals surface area contributed by atoms with Crippen molar-refractivity contribution < 1.29 is 4.79 Å². The second-order valence-corrected chi connectivity index (χ2v) is 4.81. The summed E-state index contributed by atoms with van der Waals surface area (Å²) in [5.74, 6) is 0.661. The fourth-order valence-electron chi connectivity index (χ4n) is 2.30. The number of likely N-dealkylation sites (tertiary alicyclic amines) is 1. The Labute approximate surface area is 106 Å². The first kappa shape index (κ1) is 12.7. The van der Waals surface area contributed by atoms with Crippen molar-refractivity contribution in [2.24, 2.45) is 5.92 Å². The second-order valence-electron chi connectivity index (χ2n) is 4.81. The molecule has 1 saturated heterocycles. The van der Waals surface area contributed by atoms with Gasteiger partial charge in [0, 0.05) is 44.0 Å². The van der Waals surface area contributed by atoms with E-state index in [0.29, 0.717) is 31.1 Å². The van der Waals surface area contributed by atoms with Crippen molar-refractivity contribution in [3.8, 4) is 0 Å². The van der Waals surface area contributed by atoms with E-state index in [1.54, 1.807) is 16.8 Å². The van der Waals surface area contributed by atoms with Crippen LogP contribution in [0.5, 0.6) is 0 Å². The topological polar surface area (TPSA) is 68.3 Å². The molecule has 2 N–H and O–H groups in total. The normalized spacial score (nSPS) is 19.5. The number of anilines is 1. The molecule has 2 rings (SSSR count). The van der Waals surface area contributed by atoms with Crippen molar-refractivity contribution in [2.45, 2.75) is 26.3 Å². The zero-order valence-electron chi connectivity index (χ0n) is 10.6. The first-order valence-corrected chi connectivity index (χ1v) is 6.34. The molecule has 5 nitrogen and oxygen atoms in total. The number of hydrogen-bond acceptors (Lipinski definition) is 3. The molecule has 1 aliphatic heterocycles. The molecule has 18 heavy (non-hydrogen) atoms. The Balaban J connectivity index is 1.98. The van der Waals surface area contributed by atoms with Gasteiger partial charge >= 0.3 is 0 Å². The van der Waals surface area contributed by atoms with Gasteiger partial charge in [-0.25, -0.2) is 0 Å². The minimum atomic E-state index is -0.0807. The van der Waals surface area contributed by atoms with Crippen LogP contribution in [0.4, 0.5) is 5.69 Å². The molecule has 0 radical (unpaired) electrons. The molecule has 0 aliphatic carbocycles. The Morgan fingerprint density at radius 3 is 2.78 bits per heavy atom. The smallest absolute Gasteiger partial charge is 0.250 e. The van der Waals surface area contributed by atoms with E-state index in [1.807, 2.05) is 4.90 Å². The minimum Gasteiger partial charge on any atom is -0.398 e. The molecule has 98 valence electrons. The summed E-state index contributed by atoms with van der Waals surface area (Å²) in [5, 5.41) is 0. The van der Waals surface area contributed by atoms with E-state index < -0.39 is 0 Å². The highest BCUT2D eigenvalue weighted by Gasteiger charge is 2.27. The van der Waals surface area contributed by atoms with Crippen LogP contribution < -0.4 is 11.3 Å². The zero-order chi connectivity index (χ0) is 13.1. The van der Waals surface area contributed by atoms with Gasteiger partial charge in [0.25, 0.3) is 5.56 Å².